The lowest BCUT2D eigenvalue weighted by atomic mass is 10.1. The quantitative estimate of drug-likeness (QED) is 0.768. The summed E-state index contributed by atoms with van der Waals surface area (Å²) in [6.45, 7) is 7.01. The largest absolute Gasteiger partial charge is 0.397 e. The Morgan fingerprint density at radius 1 is 1.37 bits per heavy atom. The Morgan fingerprint density at radius 3 is 2.63 bits per heavy atom. The Morgan fingerprint density at radius 2 is 2.11 bits per heavy atom. The van der Waals surface area contributed by atoms with Crippen molar-refractivity contribution in [2.45, 2.75) is 46.5 Å². The Balaban J connectivity index is 2.50. The molecule has 0 aliphatic carbocycles. The average molecular weight is 263 g/mol. The highest BCUT2D eigenvalue weighted by Gasteiger charge is 2.14. The molecule has 1 rings (SSSR count). The van der Waals surface area contributed by atoms with Gasteiger partial charge in [-0.25, -0.2) is 4.98 Å². The van der Waals surface area contributed by atoms with Crippen LogP contribution in [0.3, 0.4) is 0 Å². The van der Waals surface area contributed by atoms with Crippen molar-refractivity contribution < 1.29 is 4.79 Å². The van der Waals surface area contributed by atoms with Gasteiger partial charge in [0.2, 0.25) is 5.91 Å². The number of nitrogens with zero attached hydrogens (tertiary/aromatic N) is 2. The summed E-state index contributed by atoms with van der Waals surface area (Å²) in [4.78, 5) is 18.1. The predicted molar refractivity (Wildman–Crippen MR) is 80.0 cm³/mol. The Hall–Kier alpha value is -1.58. The summed E-state index contributed by atoms with van der Waals surface area (Å²) >= 11 is 0. The van der Waals surface area contributed by atoms with E-state index in [2.05, 4.69) is 18.8 Å². The summed E-state index contributed by atoms with van der Waals surface area (Å²) in [6.07, 6.45) is 5.41. The van der Waals surface area contributed by atoms with E-state index in [1.165, 1.54) is 6.42 Å². The van der Waals surface area contributed by atoms with E-state index < -0.39 is 0 Å². The van der Waals surface area contributed by atoms with Crippen molar-refractivity contribution in [3.05, 3.63) is 18.3 Å². The van der Waals surface area contributed by atoms with Crippen LogP contribution in [0.5, 0.6) is 0 Å². The summed E-state index contributed by atoms with van der Waals surface area (Å²) in [6, 6.07) is 3.57. The first-order valence-corrected chi connectivity index (χ1v) is 7.06. The van der Waals surface area contributed by atoms with E-state index in [4.69, 9.17) is 5.73 Å². The molecule has 0 aliphatic heterocycles. The third kappa shape index (κ3) is 5.28. The number of rotatable bonds is 7. The maximum Gasteiger partial charge on any atom is 0.228 e. The van der Waals surface area contributed by atoms with Gasteiger partial charge in [0.25, 0.3) is 0 Å². The second-order valence-electron chi connectivity index (χ2n) is 5.23. The van der Waals surface area contributed by atoms with Gasteiger partial charge in [-0.15, -0.1) is 0 Å². The first kappa shape index (κ1) is 15.5. The van der Waals surface area contributed by atoms with Gasteiger partial charge in [-0.1, -0.05) is 26.7 Å². The molecule has 0 aliphatic rings. The van der Waals surface area contributed by atoms with E-state index in [9.17, 15) is 4.79 Å². The van der Waals surface area contributed by atoms with E-state index >= 15 is 0 Å². The minimum atomic E-state index is 0.142. The molecule has 0 bridgehead atoms. The summed E-state index contributed by atoms with van der Waals surface area (Å²) in [5, 5.41) is 0. The van der Waals surface area contributed by atoms with Crippen LogP contribution < -0.4 is 10.6 Å². The number of amides is 1. The number of unbranched alkanes of at least 4 members (excludes halogenated alkanes) is 1. The van der Waals surface area contributed by atoms with Crippen molar-refractivity contribution in [2.75, 3.05) is 17.2 Å². The Bertz CT molecular complexity index is 387. The second-order valence-corrected chi connectivity index (χ2v) is 5.23. The van der Waals surface area contributed by atoms with Crippen LogP contribution in [0.15, 0.2) is 18.3 Å². The zero-order valence-electron chi connectivity index (χ0n) is 12.2. The molecule has 1 aromatic rings. The number of pyridine rings is 1. The molecule has 0 fully saturated rings. The van der Waals surface area contributed by atoms with Crippen LogP contribution in [0, 0.1) is 5.92 Å². The molecule has 0 atom stereocenters. The molecule has 0 saturated carbocycles. The predicted octanol–water partition coefficient (Wildman–Crippen LogP) is 3.23. The first-order chi connectivity index (χ1) is 9.04. The maximum absolute atomic E-state index is 12.2. The van der Waals surface area contributed by atoms with Gasteiger partial charge in [0.15, 0.2) is 0 Å². The molecule has 0 unspecified atom stereocenters. The monoisotopic (exact) mass is 263 g/mol. The van der Waals surface area contributed by atoms with Crippen molar-refractivity contribution in [1.82, 2.24) is 4.98 Å². The van der Waals surface area contributed by atoms with Gasteiger partial charge in [-0.3, -0.25) is 9.69 Å². The highest BCUT2D eigenvalue weighted by molar-refractivity contribution is 5.92. The van der Waals surface area contributed by atoms with Gasteiger partial charge in [0.05, 0.1) is 11.9 Å². The lowest BCUT2D eigenvalue weighted by molar-refractivity contribution is -0.118. The van der Waals surface area contributed by atoms with Crippen molar-refractivity contribution >= 4 is 17.4 Å². The third-order valence-electron chi connectivity index (χ3n) is 3.09. The average Bonchev–Trinajstić information content (AvgIpc) is 2.37. The fraction of sp³-hybridized carbons (Fsp3) is 0.600. The highest BCUT2D eigenvalue weighted by Crippen LogP contribution is 2.15. The van der Waals surface area contributed by atoms with Gasteiger partial charge < -0.3 is 5.73 Å². The molecule has 4 nitrogen and oxygen atoms in total. The molecule has 2 N–H and O–H groups in total. The molecule has 0 radical (unpaired) electrons. The number of aromatic nitrogens is 1. The fourth-order valence-corrected chi connectivity index (χ4v) is 1.99. The number of carbonyl (C=O) groups excluding carboxylic acids is 1. The molecule has 0 aromatic carbocycles. The van der Waals surface area contributed by atoms with Crippen LogP contribution in [0.25, 0.3) is 0 Å². The summed E-state index contributed by atoms with van der Waals surface area (Å²) in [5.41, 5.74) is 6.22. The van der Waals surface area contributed by atoms with E-state index in [1.807, 2.05) is 6.92 Å². The van der Waals surface area contributed by atoms with Crippen LogP contribution in [0.2, 0.25) is 0 Å². The number of carbonyl (C=O) groups is 1. The Kier molecular flexibility index (Phi) is 6.33. The minimum Gasteiger partial charge on any atom is -0.397 e. The van der Waals surface area contributed by atoms with Crippen molar-refractivity contribution in [3.63, 3.8) is 0 Å². The smallest absolute Gasteiger partial charge is 0.228 e. The maximum atomic E-state index is 12.2. The summed E-state index contributed by atoms with van der Waals surface area (Å²) in [5.74, 6) is 1.53. The molecule has 0 saturated heterocycles. The lowest BCUT2D eigenvalue weighted by Crippen LogP contribution is -2.31. The van der Waals surface area contributed by atoms with E-state index in [0.717, 1.165) is 12.8 Å². The standard InChI is InChI=1S/C15H25N3O/c1-4-18(14-10-9-13(16)11-17-14)15(19)8-6-5-7-12(2)3/h9-12H,4-8,16H2,1-3H3. The normalized spacial score (nSPS) is 10.7. The molecule has 4 heteroatoms. The summed E-state index contributed by atoms with van der Waals surface area (Å²) < 4.78 is 0. The lowest BCUT2D eigenvalue weighted by Gasteiger charge is -2.20. The number of nitrogens with two attached hydrogens (primary N) is 1. The molecule has 106 valence electrons. The van der Waals surface area contributed by atoms with Crippen LogP contribution in [0.4, 0.5) is 11.5 Å². The zero-order valence-corrected chi connectivity index (χ0v) is 12.2. The molecule has 1 aromatic heterocycles. The van der Waals surface area contributed by atoms with E-state index in [0.29, 0.717) is 30.4 Å². The topological polar surface area (TPSA) is 59.2 Å². The zero-order chi connectivity index (χ0) is 14.3. The summed E-state index contributed by atoms with van der Waals surface area (Å²) in [7, 11) is 0. The number of hydrogen-bond acceptors (Lipinski definition) is 3. The Labute approximate surface area is 116 Å². The van der Waals surface area contributed by atoms with Crippen molar-refractivity contribution in [1.29, 1.82) is 0 Å². The third-order valence-corrected chi connectivity index (χ3v) is 3.09. The number of hydrogen-bond donors (Lipinski definition) is 1. The van der Waals surface area contributed by atoms with Crippen LogP contribution in [-0.2, 0) is 4.79 Å². The van der Waals surface area contributed by atoms with Gasteiger partial charge in [-0.05, 0) is 31.4 Å². The molecular formula is C15H25N3O. The fourth-order valence-electron chi connectivity index (χ4n) is 1.99. The minimum absolute atomic E-state index is 0.142. The van der Waals surface area contributed by atoms with Crippen molar-refractivity contribution in [3.8, 4) is 0 Å². The molecule has 0 spiro atoms. The van der Waals surface area contributed by atoms with E-state index in [-0.39, 0.29) is 5.91 Å². The van der Waals surface area contributed by atoms with Gasteiger partial charge in [0.1, 0.15) is 5.82 Å². The SMILES string of the molecule is CCN(C(=O)CCCCC(C)C)c1ccc(N)cn1. The van der Waals surface area contributed by atoms with Gasteiger partial charge in [0, 0.05) is 13.0 Å². The number of nitrogen functional groups attached to an aromatic ring is 1. The molecular weight excluding hydrogens is 238 g/mol. The van der Waals surface area contributed by atoms with Crippen LogP contribution in [0.1, 0.15) is 46.5 Å². The number of anilines is 2. The highest BCUT2D eigenvalue weighted by atomic mass is 16.2. The first-order valence-electron chi connectivity index (χ1n) is 7.06. The molecule has 19 heavy (non-hydrogen) atoms. The van der Waals surface area contributed by atoms with Crippen LogP contribution >= 0.6 is 0 Å². The van der Waals surface area contributed by atoms with Crippen LogP contribution in [-0.4, -0.2) is 17.4 Å². The van der Waals surface area contributed by atoms with E-state index in [1.54, 1.807) is 23.2 Å². The molecule has 1 heterocycles. The second kappa shape index (κ2) is 7.77. The van der Waals surface area contributed by atoms with Gasteiger partial charge >= 0.3 is 0 Å². The van der Waals surface area contributed by atoms with Crippen molar-refractivity contribution in [2.24, 2.45) is 5.92 Å². The molecule has 1 amide bonds. The van der Waals surface area contributed by atoms with Gasteiger partial charge in [-0.2, -0.15) is 0 Å².